The molecule has 3 N–H and O–H groups in total. The topological polar surface area (TPSA) is 70.2 Å². The van der Waals surface area contributed by atoms with E-state index in [0.717, 1.165) is 16.9 Å². The summed E-state index contributed by atoms with van der Waals surface area (Å²) in [6, 6.07) is 15.3. The van der Waals surface area contributed by atoms with E-state index >= 15 is 0 Å². The van der Waals surface area contributed by atoms with Crippen molar-refractivity contribution in [3.63, 3.8) is 0 Å². The third kappa shape index (κ3) is 7.13. The average Bonchev–Trinajstić information content (AvgIpc) is 2.59. The first-order valence-corrected chi connectivity index (χ1v) is 9.37. The lowest BCUT2D eigenvalue weighted by Crippen LogP contribution is -2.23. The maximum Gasteiger partial charge on any atom is 0.251 e. The van der Waals surface area contributed by atoms with Crippen LogP contribution in [0.2, 0.25) is 0 Å². The monoisotopic (exact) mass is 367 g/mol. The van der Waals surface area contributed by atoms with Gasteiger partial charge in [0.15, 0.2) is 0 Å². The third-order valence-corrected chi connectivity index (χ3v) is 3.84. The smallest absolute Gasteiger partial charge is 0.251 e. The summed E-state index contributed by atoms with van der Waals surface area (Å²) in [6.45, 7) is 8.53. The molecule has 0 unspecified atom stereocenters. The molecule has 0 saturated carbocycles. The minimum Gasteiger partial charge on any atom is -0.383 e. The Bertz CT molecular complexity index is 785. The van der Waals surface area contributed by atoms with E-state index in [2.05, 4.69) is 29.8 Å². The number of carbonyl (C=O) groups is 2. The molecule has 0 spiro atoms. The first-order chi connectivity index (χ1) is 12.8. The SMILES string of the molecule is CC(C)CC(=O)Nc1cccc(CNC(=O)c2cccc(NC(C)C)c2)c1. The number of hydrogen-bond acceptors (Lipinski definition) is 3. The number of amides is 2. The van der Waals surface area contributed by atoms with Crippen molar-refractivity contribution in [1.29, 1.82) is 0 Å². The molecule has 0 atom stereocenters. The second-order valence-corrected chi connectivity index (χ2v) is 7.41. The van der Waals surface area contributed by atoms with Gasteiger partial charge in [0, 0.05) is 35.9 Å². The molecule has 0 bridgehead atoms. The van der Waals surface area contributed by atoms with Crippen LogP contribution in [0.3, 0.4) is 0 Å². The molecule has 0 aliphatic heterocycles. The molecule has 2 rings (SSSR count). The average molecular weight is 367 g/mol. The Morgan fingerprint density at radius 1 is 0.926 bits per heavy atom. The van der Waals surface area contributed by atoms with Gasteiger partial charge in [0.1, 0.15) is 0 Å². The lowest BCUT2D eigenvalue weighted by atomic mass is 10.1. The van der Waals surface area contributed by atoms with Gasteiger partial charge < -0.3 is 16.0 Å². The second kappa shape index (κ2) is 9.76. The summed E-state index contributed by atoms with van der Waals surface area (Å²) in [5, 5.41) is 9.12. The molecule has 0 fully saturated rings. The van der Waals surface area contributed by atoms with Crippen molar-refractivity contribution in [2.75, 3.05) is 10.6 Å². The largest absolute Gasteiger partial charge is 0.383 e. The fourth-order valence-corrected chi connectivity index (χ4v) is 2.71. The zero-order valence-corrected chi connectivity index (χ0v) is 16.5. The second-order valence-electron chi connectivity index (χ2n) is 7.41. The highest BCUT2D eigenvalue weighted by Gasteiger charge is 2.08. The number of hydrogen-bond donors (Lipinski definition) is 3. The first-order valence-electron chi connectivity index (χ1n) is 9.37. The highest BCUT2D eigenvalue weighted by Crippen LogP contribution is 2.14. The Hall–Kier alpha value is -2.82. The molecule has 2 aromatic carbocycles. The Morgan fingerprint density at radius 2 is 1.63 bits per heavy atom. The fraction of sp³-hybridized carbons (Fsp3) is 0.364. The van der Waals surface area contributed by atoms with Gasteiger partial charge in [0.25, 0.3) is 5.91 Å². The van der Waals surface area contributed by atoms with Crippen LogP contribution in [-0.4, -0.2) is 17.9 Å². The summed E-state index contributed by atoms with van der Waals surface area (Å²) in [5.74, 6) is 0.186. The van der Waals surface area contributed by atoms with E-state index in [4.69, 9.17) is 0 Å². The van der Waals surface area contributed by atoms with E-state index in [1.807, 2.05) is 56.3 Å². The van der Waals surface area contributed by atoms with Crippen molar-refractivity contribution in [1.82, 2.24) is 5.32 Å². The number of carbonyl (C=O) groups excluding carboxylic acids is 2. The van der Waals surface area contributed by atoms with Crippen LogP contribution < -0.4 is 16.0 Å². The van der Waals surface area contributed by atoms with E-state index < -0.39 is 0 Å². The van der Waals surface area contributed by atoms with Crippen molar-refractivity contribution < 1.29 is 9.59 Å². The summed E-state index contributed by atoms with van der Waals surface area (Å²) < 4.78 is 0. The normalized spacial score (nSPS) is 10.7. The predicted molar refractivity (Wildman–Crippen MR) is 111 cm³/mol. The number of rotatable bonds is 8. The van der Waals surface area contributed by atoms with Gasteiger partial charge in [0.2, 0.25) is 5.91 Å². The van der Waals surface area contributed by atoms with Gasteiger partial charge in [-0.05, 0) is 55.7 Å². The highest BCUT2D eigenvalue weighted by molar-refractivity contribution is 5.95. The van der Waals surface area contributed by atoms with Gasteiger partial charge >= 0.3 is 0 Å². The van der Waals surface area contributed by atoms with Gasteiger partial charge in [-0.25, -0.2) is 0 Å². The lowest BCUT2D eigenvalue weighted by Gasteiger charge is -2.12. The van der Waals surface area contributed by atoms with E-state index in [0.29, 0.717) is 30.5 Å². The molecule has 0 radical (unpaired) electrons. The van der Waals surface area contributed by atoms with Crippen LogP contribution in [0.1, 0.15) is 50.0 Å². The maximum atomic E-state index is 12.4. The first kappa shape index (κ1) is 20.5. The molecule has 5 heteroatoms. The van der Waals surface area contributed by atoms with Crippen LogP contribution in [0.25, 0.3) is 0 Å². The Balaban J connectivity index is 1.95. The van der Waals surface area contributed by atoms with Crippen molar-refractivity contribution in [2.45, 2.75) is 46.7 Å². The molecule has 27 heavy (non-hydrogen) atoms. The lowest BCUT2D eigenvalue weighted by molar-refractivity contribution is -0.116. The van der Waals surface area contributed by atoms with Gasteiger partial charge in [-0.1, -0.05) is 32.0 Å². The standard InChI is InChI=1S/C22H29N3O2/c1-15(2)11-21(26)25-19-9-5-7-17(12-19)14-23-22(27)18-8-6-10-20(13-18)24-16(3)4/h5-10,12-13,15-16,24H,11,14H2,1-4H3,(H,23,27)(H,25,26). The molecule has 0 aliphatic rings. The molecular weight excluding hydrogens is 338 g/mol. The van der Waals surface area contributed by atoms with E-state index in [1.54, 1.807) is 6.07 Å². The van der Waals surface area contributed by atoms with Crippen LogP contribution in [0.15, 0.2) is 48.5 Å². The number of anilines is 2. The van der Waals surface area contributed by atoms with E-state index in [-0.39, 0.29) is 11.8 Å². The predicted octanol–water partition coefficient (Wildman–Crippen LogP) is 4.42. The Morgan fingerprint density at radius 3 is 2.33 bits per heavy atom. The minimum absolute atomic E-state index is 0.000605. The molecule has 5 nitrogen and oxygen atoms in total. The summed E-state index contributed by atoms with van der Waals surface area (Å²) in [7, 11) is 0. The third-order valence-electron chi connectivity index (χ3n) is 3.84. The van der Waals surface area contributed by atoms with Crippen LogP contribution in [-0.2, 0) is 11.3 Å². The minimum atomic E-state index is -0.128. The highest BCUT2D eigenvalue weighted by atomic mass is 16.2. The summed E-state index contributed by atoms with van der Waals surface area (Å²) >= 11 is 0. The summed E-state index contributed by atoms with van der Waals surface area (Å²) in [6.07, 6.45) is 0.488. The molecule has 0 aliphatic carbocycles. The molecule has 0 heterocycles. The van der Waals surface area contributed by atoms with Crippen LogP contribution >= 0.6 is 0 Å². The zero-order valence-electron chi connectivity index (χ0n) is 16.5. The van der Waals surface area contributed by atoms with Crippen LogP contribution in [0, 0.1) is 5.92 Å². The number of benzene rings is 2. The Kier molecular flexibility index (Phi) is 7.41. The summed E-state index contributed by atoms with van der Waals surface area (Å²) in [5.41, 5.74) is 3.22. The van der Waals surface area contributed by atoms with Gasteiger partial charge in [-0.3, -0.25) is 9.59 Å². The summed E-state index contributed by atoms with van der Waals surface area (Å²) in [4.78, 5) is 24.3. The number of nitrogens with one attached hydrogen (secondary N) is 3. The molecule has 0 saturated heterocycles. The molecule has 0 aromatic heterocycles. The van der Waals surface area contributed by atoms with E-state index in [1.165, 1.54) is 0 Å². The fourth-order valence-electron chi connectivity index (χ4n) is 2.71. The molecule has 2 aromatic rings. The van der Waals surface area contributed by atoms with Crippen molar-refractivity contribution >= 4 is 23.2 Å². The van der Waals surface area contributed by atoms with Crippen molar-refractivity contribution in [3.8, 4) is 0 Å². The quantitative estimate of drug-likeness (QED) is 0.647. The molecule has 144 valence electrons. The van der Waals surface area contributed by atoms with Crippen molar-refractivity contribution in [2.24, 2.45) is 5.92 Å². The van der Waals surface area contributed by atoms with Crippen LogP contribution in [0.5, 0.6) is 0 Å². The maximum absolute atomic E-state index is 12.4. The molecule has 2 amide bonds. The zero-order chi connectivity index (χ0) is 19.8. The van der Waals surface area contributed by atoms with Gasteiger partial charge in [-0.15, -0.1) is 0 Å². The van der Waals surface area contributed by atoms with Gasteiger partial charge in [-0.2, -0.15) is 0 Å². The Labute approximate surface area is 161 Å². The van der Waals surface area contributed by atoms with Gasteiger partial charge in [0.05, 0.1) is 0 Å². The van der Waals surface area contributed by atoms with E-state index in [9.17, 15) is 9.59 Å². The molecular formula is C22H29N3O2. The van der Waals surface area contributed by atoms with Crippen molar-refractivity contribution in [3.05, 3.63) is 59.7 Å². The van der Waals surface area contributed by atoms with Crippen LogP contribution in [0.4, 0.5) is 11.4 Å².